The van der Waals surface area contributed by atoms with Gasteiger partial charge in [0.2, 0.25) is 0 Å². The average Bonchev–Trinajstić information content (AvgIpc) is 2.42. The first kappa shape index (κ1) is 14.6. The Morgan fingerprint density at radius 2 is 2.00 bits per heavy atom. The molecule has 5 nitrogen and oxygen atoms in total. The summed E-state index contributed by atoms with van der Waals surface area (Å²) in [6.45, 7) is 0. The van der Waals surface area contributed by atoms with Gasteiger partial charge in [-0.3, -0.25) is 0 Å². The molecule has 0 aromatic heterocycles. The molecule has 0 unspecified atom stereocenters. The van der Waals surface area contributed by atoms with Gasteiger partial charge in [-0.15, -0.1) is 0 Å². The summed E-state index contributed by atoms with van der Waals surface area (Å²) in [6.07, 6.45) is 0. The number of carbonyl (C=O) groups is 1. The van der Waals surface area contributed by atoms with Crippen LogP contribution in [0.25, 0.3) is 0 Å². The highest BCUT2D eigenvalue weighted by atomic mass is 19.1. The zero-order chi connectivity index (χ0) is 15.6. The number of halogens is 1. The van der Waals surface area contributed by atoms with Crippen LogP contribution in [0.3, 0.4) is 0 Å². The van der Waals surface area contributed by atoms with Crippen molar-refractivity contribution in [2.45, 2.75) is 0 Å². The predicted molar refractivity (Wildman–Crippen MR) is 81.8 cm³/mol. The van der Waals surface area contributed by atoms with Crippen LogP contribution >= 0.6 is 0 Å². The fraction of sp³-hybridized carbons (Fsp3) is 0.133. The number of carboxylic acid groups (broad SMARTS) is 1. The van der Waals surface area contributed by atoms with Gasteiger partial charge >= 0.3 is 5.97 Å². The molecule has 2 aromatic rings. The number of benzene rings is 2. The van der Waals surface area contributed by atoms with Crippen LogP contribution < -0.4 is 16.0 Å². The van der Waals surface area contributed by atoms with Crippen LogP contribution in [0.4, 0.5) is 27.1 Å². The fourth-order valence-electron chi connectivity index (χ4n) is 1.88. The van der Waals surface area contributed by atoms with E-state index in [1.807, 2.05) is 43.3 Å². The molecule has 0 atom stereocenters. The Kier molecular flexibility index (Phi) is 3.98. The topological polar surface area (TPSA) is 78.6 Å². The molecule has 21 heavy (non-hydrogen) atoms. The summed E-state index contributed by atoms with van der Waals surface area (Å²) in [5.41, 5.74) is 7.53. The number of nitrogens with two attached hydrogens (primary N) is 1. The van der Waals surface area contributed by atoms with E-state index < -0.39 is 17.3 Å². The molecule has 0 spiro atoms. The van der Waals surface area contributed by atoms with Gasteiger partial charge in [0.15, 0.2) is 0 Å². The van der Waals surface area contributed by atoms with Gasteiger partial charge in [0, 0.05) is 31.5 Å². The highest BCUT2D eigenvalue weighted by Gasteiger charge is 2.14. The molecule has 2 aromatic carbocycles. The van der Waals surface area contributed by atoms with Crippen LogP contribution in [0.2, 0.25) is 0 Å². The maximum atomic E-state index is 13.7. The molecule has 2 rings (SSSR count). The second kappa shape index (κ2) is 5.70. The Morgan fingerprint density at radius 1 is 1.29 bits per heavy atom. The summed E-state index contributed by atoms with van der Waals surface area (Å²) < 4.78 is 13.7. The van der Waals surface area contributed by atoms with E-state index in [1.165, 1.54) is 0 Å². The number of nitrogens with zero attached hydrogens (tertiary/aromatic N) is 1. The van der Waals surface area contributed by atoms with E-state index in [2.05, 4.69) is 5.32 Å². The summed E-state index contributed by atoms with van der Waals surface area (Å²) in [5, 5.41) is 11.8. The second-order valence-corrected chi connectivity index (χ2v) is 4.79. The van der Waals surface area contributed by atoms with Gasteiger partial charge in [0.05, 0.1) is 16.9 Å². The molecule has 0 aliphatic carbocycles. The first-order chi connectivity index (χ1) is 9.88. The lowest BCUT2D eigenvalue weighted by Gasteiger charge is -2.15. The van der Waals surface area contributed by atoms with Crippen molar-refractivity contribution in [3.05, 3.63) is 47.8 Å². The lowest BCUT2D eigenvalue weighted by atomic mass is 10.1. The van der Waals surface area contributed by atoms with Crippen LogP contribution in [0.1, 0.15) is 10.4 Å². The number of nitrogens with one attached hydrogen (secondary N) is 1. The van der Waals surface area contributed by atoms with Gasteiger partial charge in [-0.1, -0.05) is 6.07 Å². The number of anilines is 4. The molecule has 0 amide bonds. The van der Waals surface area contributed by atoms with E-state index in [-0.39, 0.29) is 5.69 Å². The molecule has 0 fully saturated rings. The molecular formula is C15H16FN3O2. The van der Waals surface area contributed by atoms with Crippen molar-refractivity contribution in [2.24, 2.45) is 0 Å². The molecule has 0 bridgehead atoms. The summed E-state index contributed by atoms with van der Waals surface area (Å²) in [5.74, 6) is -2.18. The maximum absolute atomic E-state index is 13.7. The third-order valence-corrected chi connectivity index (χ3v) is 3.01. The number of nitrogen functional groups attached to an aromatic ring is 1. The van der Waals surface area contributed by atoms with E-state index in [1.54, 1.807) is 0 Å². The molecule has 110 valence electrons. The predicted octanol–water partition coefficient (Wildman–Crippen LogP) is 2.92. The van der Waals surface area contributed by atoms with E-state index in [0.29, 0.717) is 5.69 Å². The van der Waals surface area contributed by atoms with E-state index in [0.717, 1.165) is 23.5 Å². The first-order valence-electron chi connectivity index (χ1n) is 6.25. The van der Waals surface area contributed by atoms with Gasteiger partial charge in [0.25, 0.3) is 0 Å². The zero-order valence-corrected chi connectivity index (χ0v) is 11.7. The van der Waals surface area contributed by atoms with Crippen molar-refractivity contribution in [1.29, 1.82) is 0 Å². The van der Waals surface area contributed by atoms with Crippen LogP contribution in [-0.2, 0) is 0 Å². The van der Waals surface area contributed by atoms with Gasteiger partial charge in [-0.05, 0) is 24.3 Å². The van der Waals surface area contributed by atoms with Gasteiger partial charge in [0.1, 0.15) is 5.82 Å². The maximum Gasteiger partial charge on any atom is 0.338 e. The van der Waals surface area contributed by atoms with E-state index >= 15 is 0 Å². The van der Waals surface area contributed by atoms with E-state index in [9.17, 15) is 9.18 Å². The van der Waals surface area contributed by atoms with Crippen molar-refractivity contribution in [3.8, 4) is 0 Å². The highest BCUT2D eigenvalue weighted by Crippen LogP contribution is 2.28. The third-order valence-electron chi connectivity index (χ3n) is 3.01. The highest BCUT2D eigenvalue weighted by molar-refractivity contribution is 5.91. The number of aromatic carboxylic acids is 1. The first-order valence-corrected chi connectivity index (χ1v) is 6.25. The van der Waals surface area contributed by atoms with Gasteiger partial charge in [-0.25, -0.2) is 9.18 Å². The van der Waals surface area contributed by atoms with Crippen molar-refractivity contribution in [3.63, 3.8) is 0 Å². The smallest absolute Gasteiger partial charge is 0.338 e. The minimum atomic E-state index is -1.35. The third kappa shape index (κ3) is 3.22. The second-order valence-electron chi connectivity index (χ2n) is 4.79. The standard InChI is InChI=1S/C15H16FN3O2/c1-19(2)10-5-3-4-9(6-10)18-14-8-12(16)11(15(20)21)7-13(14)17/h3-8,18H,17H2,1-2H3,(H,20,21). The molecule has 0 aliphatic heterocycles. The number of hydrogen-bond donors (Lipinski definition) is 3. The average molecular weight is 289 g/mol. The summed E-state index contributed by atoms with van der Waals surface area (Å²) in [7, 11) is 3.82. The molecular weight excluding hydrogens is 273 g/mol. The lowest BCUT2D eigenvalue weighted by molar-refractivity contribution is 0.0692. The van der Waals surface area contributed by atoms with Crippen LogP contribution in [0.15, 0.2) is 36.4 Å². The normalized spacial score (nSPS) is 10.2. The van der Waals surface area contributed by atoms with Crippen molar-refractivity contribution in [1.82, 2.24) is 0 Å². The number of rotatable bonds is 4. The lowest BCUT2D eigenvalue weighted by Crippen LogP contribution is -2.09. The van der Waals surface area contributed by atoms with Crippen molar-refractivity contribution < 1.29 is 14.3 Å². The van der Waals surface area contributed by atoms with E-state index in [4.69, 9.17) is 10.8 Å². The molecule has 0 heterocycles. The SMILES string of the molecule is CN(C)c1cccc(Nc2cc(F)c(C(=O)O)cc2N)c1. The minimum absolute atomic E-state index is 0.170. The number of hydrogen-bond acceptors (Lipinski definition) is 4. The molecule has 0 radical (unpaired) electrons. The summed E-state index contributed by atoms with van der Waals surface area (Å²) >= 11 is 0. The molecule has 0 saturated carbocycles. The summed E-state index contributed by atoms with van der Waals surface area (Å²) in [4.78, 5) is 12.8. The Balaban J connectivity index is 2.34. The Labute approximate surface area is 121 Å². The van der Waals surface area contributed by atoms with Gasteiger partial charge in [-0.2, -0.15) is 0 Å². The largest absolute Gasteiger partial charge is 0.478 e. The fourth-order valence-corrected chi connectivity index (χ4v) is 1.88. The van der Waals surface area contributed by atoms with Gasteiger partial charge < -0.3 is 21.1 Å². The monoisotopic (exact) mass is 289 g/mol. The van der Waals surface area contributed by atoms with Crippen LogP contribution in [0, 0.1) is 5.82 Å². The molecule has 6 heteroatoms. The number of carboxylic acids is 1. The van der Waals surface area contributed by atoms with Crippen LogP contribution in [-0.4, -0.2) is 25.2 Å². The summed E-state index contributed by atoms with van der Waals surface area (Å²) in [6, 6.07) is 9.67. The molecule has 0 saturated heterocycles. The molecule has 4 N–H and O–H groups in total. The molecule has 0 aliphatic rings. The van der Waals surface area contributed by atoms with Crippen molar-refractivity contribution >= 4 is 28.7 Å². The minimum Gasteiger partial charge on any atom is -0.478 e. The zero-order valence-electron chi connectivity index (χ0n) is 11.7. The van der Waals surface area contributed by atoms with Crippen molar-refractivity contribution in [2.75, 3.05) is 30.0 Å². The van der Waals surface area contributed by atoms with Crippen LogP contribution in [0.5, 0.6) is 0 Å². The Hall–Kier alpha value is -2.76. The quantitative estimate of drug-likeness (QED) is 0.754. The Morgan fingerprint density at radius 3 is 2.62 bits per heavy atom. The Bertz CT molecular complexity index is 687.